The summed E-state index contributed by atoms with van der Waals surface area (Å²) in [5.74, 6) is 0. The predicted octanol–water partition coefficient (Wildman–Crippen LogP) is 4.65. The first-order valence-electron chi connectivity index (χ1n) is 5.22. The van der Waals surface area contributed by atoms with Crippen molar-refractivity contribution in [3.8, 4) is 0 Å². The molecule has 74 valence electrons. The second-order valence-electron chi connectivity index (χ2n) is 3.49. The highest BCUT2D eigenvalue weighted by molar-refractivity contribution is 5.20. The zero-order valence-electron chi connectivity index (χ0n) is 9.27. The molecule has 0 rings (SSSR count). The van der Waals surface area contributed by atoms with Gasteiger partial charge in [-0.1, -0.05) is 56.2 Å². The monoisotopic (exact) mass is 178 g/mol. The molecule has 0 radical (unpaired) electrons. The van der Waals surface area contributed by atoms with E-state index in [1.807, 2.05) is 6.92 Å². The van der Waals surface area contributed by atoms with Crippen molar-refractivity contribution in [1.82, 2.24) is 0 Å². The van der Waals surface area contributed by atoms with Crippen LogP contribution in [0.15, 0.2) is 36.0 Å². The number of allylic oxidation sites excluding steroid dienone is 5. The van der Waals surface area contributed by atoms with Crippen LogP contribution in [0.5, 0.6) is 0 Å². The van der Waals surface area contributed by atoms with Gasteiger partial charge in [0, 0.05) is 0 Å². The van der Waals surface area contributed by atoms with Crippen LogP contribution in [0.25, 0.3) is 0 Å². The summed E-state index contributed by atoms with van der Waals surface area (Å²) in [5, 5.41) is 0. The molecule has 0 spiro atoms. The van der Waals surface area contributed by atoms with Crippen molar-refractivity contribution in [2.75, 3.05) is 0 Å². The summed E-state index contributed by atoms with van der Waals surface area (Å²) < 4.78 is 0. The summed E-state index contributed by atoms with van der Waals surface area (Å²) in [4.78, 5) is 0. The van der Waals surface area contributed by atoms with Gasteiger partial charge in [0.2, 0.25) is 0 Å². The number of unbranched alkanes of at least 4 members (excludes halogenated alkanes) is 1. The van der Waals surface area contributed by atoms with Crippen LogP contribution in [0.2, 0.25) is 0 Å². The molecule has 0 aliphatic heterocycles. The van der Waals surface area contributed by atoms with Crippen molar-refractivity contribution in [2.45, 2.75) is 46.5 Å². The Morgan fingerprint density at radius 3 is 2.46 bits per heavy atom. The van der Waals surface area contributed by atoms with Gasteiger partial charge in [0.25, 0.3) is 0 Å². The molecule has 0 aromatic carbocycles. The fourth-order valence-electron chi connectivity index (χ4n) is 1.13. The Bertz CT molecular complexity index is 194. The van der Waals surface area contributed by atoms with Gasteiger partial charge < -0.3 is 0 Å². The van der Waals surface area contributed by atoms with Gasteiger partial charge in [0.1, 0.15) is 0 Å². The summed E-state index contributed by atoms with van der Waals surface area (Å²) in [6.07, 6.45) is 11.4. The lowest BCUT2D eigenvalue weighted by atomic mass is 10.1. The third-order valence-electron chi connectivity index (χ3n) is 2.02. The molecule has 0 bridgehead atoms. The highest BCUT2D eigenvalue weighted by atomic mass is 14.0. The van der Waals surface area contributed by atoms with Gasteiger partial charge in [0.05, 0.1) is 0 Å². The molecule has 0 amide bonds. The summed E-state index contributed by atoms with van der Waals surface area (Å²) in [5.41, 5.74) is 2.65. The van der Waals surface area contributed by atoms with Crippen molar-refractivity contribution in [3.05, 3.63) is 36.0 Å². The van der Waals surface area contributed by atoms with Gasteiger partial charge in [-0.05, 0) is 26.2 Å². The lowest BCUT2D eigenvalue weighted by Gasteiger charge is -2.00. The summed E-state index contributed by atoms with van der Waals surface area (Å²) in [6, 6.07) is 0. The van der Waals surface area contributed by atoms with Crippen molar-refractivity contribution in [1.29, 1.82) is 0 Å². The van der Waals surface area contributed by atoms with Crippen molar-refractivity contribution < 1.29 is 0 Å². The molecule has 0 unspecified atom stereocenters. The van der Waals surface area contributed by atoms with Gasteiger partial charge in [-0.25, -0.2) is 0 Å². The predicted molar refractivity (Wildman–Crippen MR) is 61.9 cm³/mol. The van der Waals surface area contributed by atoms with Gasteiger partial charge in [-0.3, -0.25) is 0 Å². The molecule has 0 aromatic heterocycles. The van der Waals surface area contributed by atoms with Crippen LogP contribution in [0.3, 0.4) is 0 Å². The van der Waals surface area contributed by atoms with E-state index in [-0.39, 0.29) is 0 Å². The Hall–Kier alpha value is -0.780. The topological polar surface area (TPSA) is 0 Å². The minimum Gasteiger partial charge on any atom is -0.0961 e. The molecule has 0 saturated carbocycles. The van der Waals surface area contributed by atoms with E-state index in [9.17, 15) is 0 Å². The Morgan fingerprint density at radius 1 is 1.31 bits per heavy atom. The first-order chi connectivity index (χ1) is 6.20. The van der Waals surface area contributed by atoms with Crippen molar-refractivity contribution >= 4 is 0 Å². The zero-order chi connectivity index (χ0) is 10.1. The Kier molecular flexibility index (Phi) is 7.38. The van der Waals surface area contributed by atoms with E-state index in [0.717, 1.165) is 5.57 Å². The number of hydrogen-bond acceptors (Lipinski definition) is 0. The van der Waals surface area contributed by atoms with Crippen LogP contribution in [-0.4, -0.2) is 0 Å². The van der Waals surface area contributed by atoms with Crippen LogP contribution in [0.1, 0.15) is 46.5 Å². The maximum Gasteiger partial charge on any atom is -0.0317 e. The molecule has 0 aliphatic carbocycles. The van der Waals surface area contributed by atoms with Gasteiger partial charge >= 0.3 is 0 Å². The highest BCUT2D eigenvalue weighted by Crippen LogP contribution is 2.11. The number of rotatable bonds is 6. The highest BCUT2D eigenvalue weighted by Gasteiger charge is 1.90. The number of hydrogen-bond donors (Lipinski definition) is 0. The quantitative estimate of drug-likeness (QED) is 0.519. The average Bonchev–Trinajstić information content (AvgIpc) is 2.10. The molecular weight excluding hydrogens is 156 g/mol. The molecule has 0 N–H and O–H groups in total. The first kappa shape index (κ1) is 12.2. The zero-order valence-corrected chi connectivity index (χ0v) is 9.27. The van der Waals surface area contributed by atoms with E-state index in [4.69, 9.17) is 0 Å². The molecule has 0 aliphatic rings. The van der Waals surface area contributed by atoms with E-state index in [1.165, 1.54) is 25.7 Å². The standard InChI is InChI=1S/C13H22/c1-5-7-10-13(6-2)11-8-9-12(3)4/h8-9,11H,3,5-7,10H2,1-2,4H3. The SMILES string of the molecule is C=C(C)C=CC=C(CC)CCCC. The maximum atomic E-state index is 3.82. The molecule has 13 heavy (non-hydrogen) atoms. The van der Waals surface area contributed by atoms with Gasteiger partial charge in [-0.2, -0.15) is 0 Å². The van der Waals surface area contributed by atoms with Gasteiger partial charge in [0.15, 0.2) is 0 Å². The minimum absolute atomic E-state index is 1.11. The molecule has 0 nitrogen and oxygen atoms in total. The first-order valence-corrected chi connectivity index (χ1v) is 5.22. The molecule has 0 atom stereocenters. The molecule has 0 heterocycles. The molecule has 0 aromatic rings. The van der Waals surface area contributed by atoms with Crippen LogP contribution < -0.4 is 0 Å². The van der Waals surface area contributed by atoms with Crippen LogP contribution in [-0.2, 0) is 0 Å². The van der Waals surface area contributed by atoms with Crippen molar-refractivity contribution in [3.63, 3.8) is 0 Å². The smallest absolute Gasteiger partial charge is 0.0317 e. The summed E-state index contributed by atoms with van der Waals surface area (Å²) in [6.45, 7) is 10.3. The molecule has 0 heteroatoms. The second kappa shape index (κ2) is 7.85. The van der Waals surface area contributed by atoms with E-state index >= 15 is 0 Å². The average molecular weight is 178 g/mol. The van der Waals surface area contributed by atoms with E-state index in [1.54, 1.807) is 5.57 Å². The Balaban J connectivity index is 3.98. The third kappa shape index (κ3) is 7.58. The minimum atomic E-state index is 1.11. The maximum absolute atomic E-state index is 3.82. The van der Waals surface area contributed by atoms with E-state index in [2.05, 4.69) is 38.7 Å². The lowest BCUT2D eigenvalue weighted by Crippen LogP contribution is -1.80. The molecular formula is C13H22. The van der Waals surface area contributed by atoms with Gasteiger partial charge in [-0.15, -0.1) is 0 Å². The van der Waals surface area contributed by atoms with Crippen LogP contribution in [0, 0.1) is 0 Å². The Morgan fingerprint density at radius 2 is 2.00 bits per heavy atom. The molecule has 0 fully saturated rings. The summed E-state index contributed by atoms with van der Waals surface area (Å²) >= 11 is 0. The summed E-state index contributed by atoms with van der Waals surface area (Å²) in [7, 11) is 0. The normalized spacial score (nSPS) is 12.4. The van der Waals surface area contributed by atoms with Crippen LogP contribution in [0.4, 0.5) is 0 Å². The largest absolute Gasteiger partial charge is 0.0961 e. The fourth-order valence-corrected chi connectivity index (χ4v) is 1.13. The van der Waals surface area contributed by atoms with Crippen molar-refractivity contribution in [2.24, 2.45) is 0 Å². The third-order valence-corrected chi connectivity index (χ3v) is 2.02. The van der Waals surface area contributed by atoms with E-state index < -0.39 is 0 Å². The lowest BCUT2D eigenvalue weighted by molar-refractivity contribution is 0.766. The molecule has 0 saturated heterocycles. The fraction of sp³-hybridized carbons (Fsp3) is 0.538. The van der Waals surface area contributed by atoms with Crippen LogP contribution >= 0.6 is 0 Å². The Labute approximate surface area is 83.0 Å². The van der Waals surface area contributed by atoms with E-state index in [0.29, 0.717) is 0 Å². The second-order valence-corrected chi connectivity index (χ2v) is 3.49.